The van der Waals surface area contributed by atoms with E-state index in [9.17, 15) is 10.1 Å². The molecule has 1 heterocycles. The molecule has 0 spiro atoms. The molecule has 0 aliphatic heterocycles. The molecule has 2 rings (SSSR count). The normalized spacial score (nSPS) is 10.5. The van der Waals surface area contributed by atoms with Gasteiger partial charge in [-0.2, -0.15) is 4.98 Å². The molecule has 7 nitrogen and oxygen atoms in total. The van der Waals surface area contributed by atoms with Gasteiger partial charge in [-0.1, -0.05) is 26.0 Å². The van der Waals surface area contributed by atoms with Crippen LogP contribution in [-0.2, 0) is 0 Å². The van der Waals surface area contributed by atoms with E-state index in [0.717, 1.165) is 0 Å². The lowest BCUT2D eigenvalue weighted by Crippen LogP contribution is -2.04. The Morgan fingerprint density at radius 3 is 2.62 bits per heavy atom. The number of para-hydroxylation sites is 2. The molecule has 0 aliphatic carbocycles. The Morgan fingerprint density at radius 2 is 2.00 bits per heavy atom. The van der Waals surface area contributed by atoms with Crippen molar-refractivity contribution in [3.8, 4) is 11.6 Å². The Kier molecular flexibility index (Phi) is 4.32. The number of benzene rings is 1. The highest BCUT2D eigenvalue weighted by molar-refractivity contribution is 5.48. The van der Waals surface area contributed by atoms with E-state index in [1.165, 1.54) is 12.1 Å². The van der Waals surface area contributed by atoms with Gasteiger partial charge in [-0.15, -0.1) is 0 Å². The molecule has 2 aromatic rings. The number of nitro groups is 1. The van der Waals surface area contributed by atoms with E-state index in [4.69, 9.17) is 4.74 Å². The summed E-state index contributed by atoms with van der Waals surface area (Å²) >= 11 is 0. The molecule has 0 bridgehead atoms. The van der Waals surface area contributed by atoms with E-state index in [1.807, 2.05) is 13.8 Å². The maximum absolute atomic E-state index is 11.0. The summed E-state index contributed by atoms with van der Waals surface area (Å²) in [5, 5.41) is 13.9. The fourth-order valence-electron chi connectivity index (χ4n) is 1.69. The third-order valence-electron chi connectivity index (χ3n) is 2.77. The van der Waals surface area contributed by atoms with Crippen LogP contribution in [0.25, 0.3) is 0 Å². The van der Waals surface area contributed by atoms with Crippen LogP contribution in [-0.4, -0.2) is 21.9 Å². The molecule has 1 aromatic carbocycles. The molecule has 0 radical (unpaired) electrons. The largest absolute Gasteiger partial charge is 0.432 e. The van der Waals surface area contributed by atoms with Gasteiger partial charge in [0.1, 0.15) is 11.6 Å². The minimum Gasteiger partial charge on any atom is -0.432 e. The molecule has 21 heavy (non-hydrogen) atoms. The number of rotatable bonds is 5. The summed E-state index contributed by atoms with van der Waals surface area (Å²) in [4.78, 5) is 19.1. The van der Waals surface area contributed by atoms with E-state index in [-0.39, 0.29) is 23.2 Å². The van der Waals surface area contributed by atoms with Crippen molar-refractivity contribution in [1.82, 2.24) is 9.97 Å². The summed E-state index contributed by atoms with van der Waals surface area (Å²) in [6.07, 6.45) is 0. The predicted molar refractivity (Wildman–Crippen MR) is 78.8 cm³/mol. The molecule has 0 saturated carbocycles. The smallest absolute Gasteiger partial charge is 0.311 e. The van der Waals surface area contributed by atoms with Crippen LogP contribution in [0.4, 0.5) is 11.5 Å². The number of hydrogen-bond acceptors (Lipinski definition) is 6. The summed E-state index contributed by atoms with van der Waals surface area (Å²) in [5.41, 5.74) is -0.104. The van der Waals surface area contributed by atoms with E-state index in [1.54, 1.807) is 25.2 Å². The molecule has 0 fully saturated rings. The summed E-state index contributed by atoms with van der Waals surface area (Å²) in [5.74, 6) is 1.74. The van der Waals surface area contributed by atoms with Gasteiger partial charge in [-0.25, -0.2) is 4.98 Å². The SMILES string of the molecule is CNc1cc(Oc2ccccc2[N+](=O)[O-])nc(C(C)C)n1. The van der Waals surface area contributed by atoms with Crippen LogP contribution in [0.1, 0.15) is 25.6 Å². The Balaban J connectivity index is 2.40. The van der Waals surface area contributed by atoms with Crippen molar-refractivity contribution in [3.05, 3.63) is 46.3 Å². The second-order valence-electron chi connectivity index (χ2n) is 4.68. The first-order chi connectivity index (χ1) is 10.0. The lowest BCUT2D eigenvalue weighted by Gasteiger charge is -2.10. The highest BCUT2D eigenvalue weighted by Gasteiger charge is 2.16. The zero-order chi connectivity index (χ0) is 15.4. The molecule has 110 valence electrons. The second-order valence-corrected chi connectivity index (χ2v) is 4.68. The van der Waals surface area contributed by atoms with Crippen molar-refractivity contribution in [3.63, 3.8) is 0 Å². The van der Waals surface area contributed by atoms with Crippen LogP contribution in [0, 0.1) is 10.1 Å². The van der Waals surface area contributed by atoms with Crippen molar-refractivity contribution in [2.75, 3.05) is 12.4 Å². The van der Waals surface area contributed by atoms with E-state index >= 15 is 0 Å². The van der Waals surface area contributed by atoms with Crippen molar-refractivity contribution >= 4 is 11.5 Å². The first-order valence-electron chi connectivity index (χ1n) is 6.49. The van der Waals surface area contributed by atoms with Gasteiger partial charge in [0.25, 0.3) is 0 Å². The maximum atomic E-state index is 11.0. The summed E-state index contributed by atoms with van der Waals surface area (Å²) < 4.78 is 5.57. The first kappa shape index (κ1) is 14.7. The standard InChI is InChI=1S/C14H16N4O3/c1-9(2)14-16-12(15-3)8-13(17-14)21-11-7-5-4-6-10(11)18(19)20/h4-9H,1-3H3,(H,15,16,17). The number of anilines is 1. The van der Waals surface area contributed by atoms with Crippen LogP contribution in [0.3, 0.4) is 0 Å². The van der Waals surface area contributed by atoms with Crippen LogP contribution >= 0.6 is 0 Å². The van der Waals surface area contributed by atoms with Crippen LogP contribution in [0.5, 0.6) is 11.6 Å². The zero-order valence-electron chi connectivity index (χ0n) is 12.0. The molecular formula is C14H16N4O3. The van der Waals surface area contributed by atoms with Crippen molar-refractivity contribution in [2.45, 2.75) is 19.8 Å². The first-order valence-corrected chi connectivity index (χ1v) is 6.49. The fourth-order valence-corrected chi connectivity index (χ4v) is 1.69. The van der Waals surface area contributed by atoms with Gasteiger partial charge in [0, 0.05) is 25.1 Å². The highest BCUT2D eigenvalue weighted by atomic mass is 16.6. The minimum absolute atomic E-state index is 0.104. The lowest BCUT2D eigenvalue weighted by molar-refractivity contribution is -0.385. The number of ether oxygens (including phenoxy) is 1. The summed E-state index contributed by atoms with van der Waals surface area (Å²) in [7, 11) is 1.74. The number of aromatic nitrogens is 2. The fraction of sp³-hybridized carbons (Fsp3) is 0.286. The second kappa shape index (κ2) is 6.17. The third kappa shape index (κ3) is 3.44. The summed E-state index contributed by atoms with van der Waals surface area (Å²) in [6.45, 7) is 3.92. The monoisotopic (exact) mass is 288 g/mol. The van der Waals surface area contributed by atoms with Crippen LogP contribution < -0.4 is 10.1 Å². The van der Waals surface area contributed by atoms with E-state index < -0.39 is 4.92 Å². The van der Waals surface area contributed by atoms with E-state index in [0.29, 0.717) is 11.6 Å². The van der Waals surface area contributed by atoms with Gasteiger partial charge in [0.15, 0.2) is 0 Å². The van der Waals surface area contributed by atoms with Gasteiger partial charge in [-0.3, -0.25) is 10.1 Å². The summed E-state index contributed by atoms with van der Waals surface area (Å²) in [6, 6.07) is 7.78. The Bertz CT molecular complexity index is 658. The average Bonchev–Trinajstić information content (AvgIpc) is 2.47. The van der Waals surface area contributed by atoms with Gasteiger partial charge in [0.2, 0.25) is 11.6 Å². The van der Waals surface area contributed by atoms with E-state index in [2.05, 4.69) is 15.3 Å². The molecule has 0 aliphatic rings. The molecule has 1 aromatic heterocycles. The molecule has 0 amide bonds. The predicted octanol–water partition coefficient (Wildman–Crippen LogP) is 3.34. The van der Waals surface area contributed by atoms with Gasteiger partial charge >= 0.3 is 5.69 Å². The van der Waals surface area contributed by atoms with Crippen molar-refractivity contribution in [2.24, 2.45) is 0 Å². The molecule has 1 N–H and O–H groups in total. The quantitative estimate of drug-likeness (QED) is 0.670. The number of nitro benzene ring substituents is 1. The third-order valence-corrected chi connectivity index (χ3v) is 2.77. The van der Waals surface area contributed by atoms with Crippen LogP contribution in [0.15, 0.2) is 30.3 Å². The number of hydrogen-bond donors (Lipinski definition) is 1. The molecule has 0 saturated heterocycles. The number of nitrogens with one attached hydrogen (secondary N) is 1. The van der Waals surface area contributed by atoms with Crippen molar-refractivity contribution in [1.29, 1.82) is 0 Å². The number of nitrogens with zero attached hydrogens (tertiary/aromatic N) is 3. The van der Waals surface area contributed by atoms with Crippen LogP contribution in [0.2, 0.25) is 0 Å². The highest BCUT2D eigenvalue weighted by Crippen LogP contribution is 2.31. The molecule has 7 heteroatoms. The minimum atomic E-state index is -0.487. The Hall–Kier alpha value is -2.70. The van der Waals surface area contributed by atoms with Gasteiger partial charge in [0.05, 0.1) is 4.92 Å². The maximum Gasteiger partial charge on any atom is 0.311 e. The molecular weight excluding hydrogens is 272 g/mol. The van der Waals surface area contributed by atoms with Gasteiger partial charge < -0.3 is 10.1 Å². The average molecular weight is 288 g/mol. The lowest BCUT2D eigenvalue weighted by atomic mass is 10.2. The topological polar surface area (TPSA) is 90.2 Å². The van der Waals surface area contributed by atoms with Gasteiger partial charge in [-0.05, 0) is 6.07 Å². The molecule has 0 unspecified atom stereocenters. The van der Waals surface area contributed by atoms with Crippen molar-refractivity contribution < 1.29 is 9.66 Å². The zero-order valence-corrected chi connectivity index (χ0v) is 12.0. The Labute approximate surface area is 122 Å². The molecule has 0 atom stereocenters. The Morgan fingerprint density at radius 1 is 1.29 bits per heavy atom.